The highest BCUT2D eigenvalue weighted by Gasteiger charge is 2.15. The molecule has 14 heavy (non-hydrogen) atoms. The predicted octanol–water partition coefficient (Wildman–Crippen LogP) is 3.38. The Hall–Kier alpha value is -0.980. The van der Waals surface area contributed by atoms with Gasteiger partial charge in [0, 0.05) is 6.42 Å². The summed E-state index contributed by atoms with van der Waals surface area (Å²) in [7, 11) is 0. The second kappa shape index (κ2) is 3.64. The molecule has 1 aromatic rings. The lowest BCUT2D eigenvalue weighted by atomic mass is 9.89. The molecule has 0 aliphatic carbocycles. The van der Waals surface area contributed by atoms with Gasteiger partial charge in [0.25, 0.3) is 0 Å². The largest absolute Gasteiger partial charge is 0.493 e. The Morgan fingerprint density at radius 3 is 2.71 bits per heavy atom. The van der Waals surface area contributed by atoms with Gasteiger partial charge in [0.2, 0.25) is 0 Å². The normalized spacial score (nSPS) is 16.6. The first kappa shape index (κ1) is 9.57. The first-order valence-corrected chi connectivity index (χ1v) is 5.44. The Morgan fingerprint density at radius 1 is 1.21 bits per heavy atom. The van der Waals surface area contributed by atoms with Crippen LogP contribution in [0.5, 0.6) is 5.75 Å². The minimum Gasteiger partial charge on any atom is -0.493 e. The van der Waals surface area contributed by atoms with Gasteiger partial charge < -0.3 is 4.74 Å². The van der Waals surface area contributed by atoms with E-state index in [1.54, 1.807) is 0 Å². The van der Waals surface area contributed by atoms with Gasteiger partial charge in [0.15, 0.2) is 0 Å². The van der Waals surface area contributed by atoms with Crippen molar-refractivity contribution in [2.24, 2.45) is 5.92 Å². The molecule has 0 spiro atoms. The van der Waals surface area contributed by atoms with Crippen molar-refractivity contribution >= 4 is 0 Å². The molecule has 0 saturated heterocycles. The fourth-order valence-electron chi connectivity index (χ4n) is 1.87. The molecule has 0 radical (unpaired) electrons. The predicted molar refractivity (Wildman–Crippen MR) is 58.9 cm³/mol. The molecule has 1 unspecified atom stereocenters. The summed E-state index contributed by atoms with van der Waals surface area (Å²) >= 11 is 0. The van der Waals surface area contributed by atoms with Crippen molar-refractivity contribution in [3.63, 3.8) is 0 Å². The van der Waals surface area contributed by atoms with Crippen LogP contribution in [0.15, 0.2) is 18.2 Å². The van der Waals surface area contributed by atoms with Gasteiger partial charge in [0.1, 0.15) is 5.75 Å². The SMILES string of the molecule is CC(C)C(C)c1ccc2c(c1)CCO2. The van der Waals surface area contributed by atoms with E-state index in [1.165, 1.54) is 11.1 Å². The zero-order chi connectivity index (χ0) is 10.1. The van der Waals surface area contributed by atoms with Crippen molar-refractivity contribution in [3.8, 4) is 5.75 Å². The van der Waals surface area contributed by atoms with Gasteiger partial charge in [0.05, 0.1) is 6.61 Å². The summed E-state index contributed by atoms with van der Waals surface area (Å²) in [6, 6.07) is 6.64. The fraction of sp³-hybridized carbons (Fsp3) is 0.538. The molecule has 0 aromatic heterocycles. The summed E-state index contributed by atoms with van der Waals surface area (Å²) in [6.45, 7) is 7.69. The van der Waals surface area contributed by atoms with Gasteiger partial charge in [-0.1, -0.05) is 32.9 Å². The standard InChI is InChI=1S/C13H18O/c1-9(2)10(3)11-4-5-13-12(8-11)6-7-14-13/h4-5,8-10H,6-7H2,1-3H3. The third-order valence-corrected chi connectivity index (χ3v) is 3.24. The summed E-state index contributed by atoms with van der Waals surface area (Å²) in [5, 5.41) is 0. The molecule has 1 heteroatoms. The van der Waals surface area contributed by atoms with Gasteiger partial charge >= 0.3 is 0 Å². The van der Waals surface area contributed by atoms with Gasteiger partial charge in [-0.25, -0.2) is 0 Å². The first-order valence-electron chi connectivity index (χ1n) is 5.44. The van der Waals surface area contributed by atoms with Crippen LogP contribution >= 0.6 is 0 Å². The summed E-state index contributed by atoms with van der Waals surface area (Å²) in [5.74, 6) is 2.43. The minimum atomic E-state index is 0.640. The van der Waals surface area contributed by atoms with Crippen molar-refractivity contribution in [2.75, 3.05) is 6.61 Å². The van der Waals surface area contributed by atoms with Crippen LogP contribution in [-0.2, 0) is 6.42 Å². The van der Waals surface area contributed by atoms with Gasteiger partial charge in [-0.3, -0.25) is 0 Å². The van der Waals surface area contributed by atoms with Crippen molar-refractivity contribution in [1.82, 2.24) is 0 Å². The molecule has 2 rings (SSSR count). The lowest BCUT2D eigenvalue weighted by Crippen LogP contribution is -2.02. The maximum Gasteiger partial charge on any atom is 0.122 e. The van der Waals surface area contributed by atoms with E-state index in [2.05, 4.69) is 39.0 Å². The summed E-state index contributed by atoms with van der Waals surface area (Å²) < 4.78 is 5.49. The van der Waals surface area contributed by atoms with Gasteiger partial charge in [-0.05, 0) is 29.0 Å². The van der Waals surface area contributed by atoms with Gasteiger partial charge in [-0.2, -0.15) is 0 Å². The van der Waals surface area contributed by atoms with Crippen molar-refractivity contribution in [1.29, 1.82) is 0 Å². The minimum absolute atomic E-state index is 0.640. The monoisotopic (exact) mass is 190 g/mol. The molecular formula is C13H18O. The topological polar surface area (TPSA) is 9.23 Å². The summed E-state index contributed by atoms with van der Waals surface area (Å²) in [5.41, 5.74) is 2.83. The van der Waals surface area contributed by atoms with Crippen LogP contribution in [0.25, 0.3) is 0 Å². The van der Waals surface area contributed by atoms with E-state index in [0.29, 0.717) is 11.8 Å². The van der Waals surface area contributed by atoms with Crippen LogP contribution in [-0.4, -0.2) is 6.61 Å². The summed E-state index contributed by atoms with van der Waals surface area (Å²) in [4.78, 5) is 0. The molecule has 0 fully saturated rings. The first-order chi connectivity index (χ1) is 6.68. The Morgan fingerprint density at radius 2 is 2.00 bits per heavy atom. The Balaban J connectivity index is 2.28. The molecule has 1 atom stereocenters. The maximum atomic E-state index is 5.49. The second-order valence-corrected chi connectivity index (χ2v) is 4.50. The van der Waals surface area contributed by atoms with Crippen LogP contribution in [0, 0.1) is 5.92 Å². The molecular weight excluding hydrogens is 172 g/mol. The van der Waals surface area contributed by atoms with Crippen LogP contribution in [0.2, 0.25) is 0 Å². The third kappa shape index (κ3) is 1.63. The molecule has 0 saturated carbocycles. The zero-order valence-electron chi connectivity index (χ0n) is 9.21. The lowest BCUT2D eigenvalue weighted by molar-refractivity contribution is 0.356. The van der Waals surface area contributed by atoms with E-state index in [9.17, 15) is 0 Å². The molecule has 0 amide bonds. The van der Waals surface area contributed by atoms with Crippen LogP contribution in [0.3, 0.4) is 0 Å². The van der Waals surface area contributed by atoms with E-state index in [0.717, 1.165) is 18.8 Å². The zero-order valence-corrected chi connectivity index (χ0v) is 9.21. The highest BCUT2D eigenvalue weighted by molar-refractivity contribution is 5.40. The molecule has 1 heterocycles. The molecule has 0 N–H and O–H groups in total. The average Bonchev–Trinajstić information content (AvgIpc) is 2.62. The number of benzene rings is 1. The number of rotatable bonds is 2. The van der Waals surface area contributed by atoms with E-state index >= 15 is 0 Å². The fourth-order valence-corrected chi connectivity index (χ4v) is 1.87. The van der Waals surface area contributed by atoms with E-state index in [1.807, 2.05) is 0 Å². The lowest BCUT2D eigenvalue weighted by Gasteiger charge is -2.16. The Labute approximate surface area is 86.1 Å². The highest BCUT2D eigenvalue weighted by atomic mass is 16.5. The summed E-state index contributed by atoms with van der Waals surface area (Å²) in [6.07, 6.45) is 1.08. The van der Waals surface area contributed by atoms with Crippen molar-refractivity contribution in [2.45, 2.75) is 33.1 Å². The quantitative estimate of drug-likeness (QED) is 0.694. The second-order valence-electron chi connectivity index (χ2n) is 4.50. The highest BCUT2D eigenvalue weighted by Crippen LogP contribution is 2.31. The number of ether oxygens (including phenoxy) is 1. The molecule has 1 aromatic carbocycles. The number of fused-ring (bicyclic) bond motifs is 1. The van der Waals surface area contributed by atoms with E-state index in [-0.39, 0.29) is 0 Å². The number of hydrogen-bond donors (Lipinski definition) is 0. The molecule has 76 valence electrons. The smallest absolute Gasteiger partial charge is 0.122 e. The molecule has 0 bridgehead atoms. The average molecular weight is 190 g/mol. The third-order valence-electron chi connectivity index (χ3n) is 3.24. The van der Waals surface area contributed by atoms with Crippen LogP contribution in [0.1, 0.15) is 37.8 Å². The Kier molecular flexibility index (Phi) is 2.49. The molecule has 1 aliphatic heterocycles. The van der Waals surface area contributed by atoms with E-state index < -0.39 is 0 Å². The van der Waals surface area contributed by atoms with Crippen LogP contribution < -0.4 is 4.74 Å². The van der Waals surface area contributed by atoms with Crippen molar-refractivity contribution in [3.05, 3.63) is 29.3 Å². The number of hydrogen-bond acceptors (Lipinski definition) is 1. The van der Waals surface area contributed by atoms with E-state index in [4.69, 9.17) is 4.74 Å². The molecule has 1 nitrogen and oxygen atoms in total. The maximum absolute atomic E-state index is 5.49. The Bertz CT molecular complexity index is 328. The van der Waals surface area contributed by atoms with Gasteiger partial charge in [-0.15, -0.1) is 0 Å². The van der Waals surface area contributed by atoms with Crippen LogP contribution in [0.4, 0.5) is 0 Å². The molecule has 1 aliphatic rings. The van der Waals surface area contributed by atoms with Crippen molar-refractivity contribution < 1.29 is 4.74 Å².